The van der Waals surface area contributed by atoms with Crippen molar-refractivity contribution in [2.24, 2.45) is 5.10 Å². The SMILES string of the molecule is CCCc1nc2ccc(Br)cc2c(=O)n1N=Cc1cc(I)c(OCC(=O)Nc2ccc(Cl)cc2)c(OC)c1. The number of aromatic nitrogens is 2. The Kier molecular flexibility index (Phi) is 9.40. The van der Waals surface area contributed by atoms with Gasteiger partial charge in [-0.1, -0.05) is 34.5 Å². The fourth-order valence-electron chi connectivity index (χ4n) is 3.65. The first kappa shape index (κ1) is 28.1. The lowest BCUT2D eigenvalue weighted by atomic mass is 10.2. The highest BCUT2D eigenvalue weighted by Gasteiger charge is 2.15. The largest absolute Gasteiger partial charge is 0.493 e. The van der Waals surface area contributed by atoms with Gasteiger partial charge in [0.25, 0.3) is 11.5 Å². The number of halogens is 3. The van der Waals surface area contributed by atoms with Crippen molar-refractivity contribution >= 4 is 78.8 Å². The molecule has 0 saturated carbocycles. The quantitative estimate of drug-likeness (QED) is 0.163. The van der Waals surface area contributed by atoms with Crippen molar-refractivity contribution in [1.29, 1.82) is 0 Å². The number of benzene rings is 3. The summed E-state index contributed by atoms with van der Waals surface area (Å²) in [6, 6.07) is 15.8. The summed E-state index contributed by atoms with van der Waals surface area (Å²) in [5, 5.41) is 8.29. The standard InChI is InChI=1S/C27H23BrClIN4O4/c1-3-4-24-33-22-10-5-17(28)13-20(22)27(36)34(24)31-14-16-11-21(30)26(23(12-16)37-2)38-15-25(35)32-19-8-6-18(29)7-9-19/h5-14H,3-4,15H2,1-2H3,(H,32,35). The van der Waals surface area contributed by atoms with E-state index in [0.717, 1.165) is 10.9 Å². The number of anilines is 1. The van der Waals surface area contributed by atoms with E-state index in [0.29, 0.717) is 54.5 Å². The van der Waals surface area contributed by atoms with Crippen LogP contribution in [0, 0.1) is 3.57 Å². The molecule has 3 aromatic carbocycles. The zero-order chi connectivity index (χ0) is 27.2. The van der Waals surface area contributed by atoms with Gasteiger partial charge in [0.1, 0.15) is 5.82 Å². The molecule has 0 fully saturated rings. The molecule has 0 saturated heterocycles. The Labute approximate surface area is 246 Å². The van der Waals surface area contributed by atoms with Crippen LogP contribution < -0.4 is 20.3 Å². The molecule has 1 amide bonds. The number of ether oxygens (including phenoxy) is 2. The first-order chi connectivity index (χ1) is 18.3. The smallest absolute Gasteiger partial charge is 0.282 e. The van der Waals surface area contributed by atoms with Crippen LogP contribution in [-0.4, -0.2) is 35.5 Å². The van der Waals surface area contributed by atoms with Crippen LogP contribution >= 0.6 is 50.1 Å². The van der Waals surface area contributed by atoms with E-state index in [-0.39, 0.29) is 18.1 Å². The number of hydrogen-bond acceptors (Lipinski definition) is 6. The van der Waals surface area contributed by atoms with Gasteiger partial charge in [-0.25, -0.2) is 4.98 Å². The van der Waals surface area contributed by atoms with Crippen molar-refractivity contribution in [3.63, 3.8) is 0 Å². The molecule has 0 aliphatic heterocycles. The molecule has 196 valence electrons. The Morgan fingerprint density at radius 2 is 1.97 bits per heavy atom. The van der Waals surface area contributed by atoms with Gasteiger partial charge in [-0.05, 0) is 89.2 Å². The Morgan fingerprint density at radius 3 is 2.68 bits per heavy atom. The van der Waals surface area contributed by atoms with Crippen LogP contribution in [0.1, 0.15) is 24.7 Å². The molecule has 0 bridgehead atoms. The summed E-state index contributed by atoms with van der Waals surface area (Å²) in [7, 11) is 1.52. The Bertz CT molecular complexity index is 1570. The summed E-state index contributed by atoms with van der Waals surface area (Å²) in [6.07, 6.45) is 2.99. The van der Waals surface area contributed by atoms with E-state index in [2.05, 4.69) is 53.9 Å². The molecule has 1 heterocycles. The number of nitrogens with zero attached hydrogens (tertiary/aromatic N) is 3. The third kappa shape index (κ3) is 6.72. The molecule has 0 aliphatic carbocycles. The molecule has 0 spiro atoms. The highest BCUT2D eigenvalue weighted by Crippen LogP contribution is 2.33. The van der Waals surface area contributed by atoms with Crippen LogP contribution in [0.2, 0.25) is 5.02 Å². The van der Waals surface area contributed by atoms with Crippen LogP contribution in [-0.2, 0) is 11.2 Å². The first-order valence-corrected chi connectivity index (χ1v) is 13.8. The summed E-state index contributed by atoms with van der Waals surface area (Å²) < 4.78 is 14.1. The lowest BCUT2D eigenvalue weighted by Crippen LogP contribution is -2.22. The predicted octanol–water partition coefficient (Wildman–Crippen LogP) is 6.28. The summed E-state index contributed by atoms with van der Waals surface area (Å²) >= 11 is 11.4. The molecular formula is C27H23BrClIN4O4. The van der Waals surface area contributed by atoms with Gasteiger partial charge in [0, 0.05) is 21.6 Å². The van der Waals surface area contributed by atoms with Gasteiger partial charge in [0.2, 0.25) is 0 Å². The van der Waals surface area contributed by atoms with Gasteiger partial charge in [-0.3, -0.25) is 9.59 Å². The maximum absolute atomic E-state index is 13.2. The highest BCUT2D eigenvalue weighted by atomic mass is 127. The van der Waals surface area contributed by atoms with E-state index in [1.54, 1.807) is 42.6 Å². The van der Waals surface area contributed by atoms with Crippen LogP contribution in [0.4, 0.5) is 5.69 Å². The van der Waals surface area contributed by atoms with Gasteiger partial charge in [-0.15, -0.1) is 0 Å². The summed E-state index contributed by atoms with van der Waals surface area (Å²) in [5.41, 5.74) is 1.69. The molecule has 0 aliphatic rings. The lowest BCUT2D eigenvalue weighted by Gasteiger charge is -2.14. The van der Waals surface area contributed by atoms with Crippen molar-refractivity contribution in [1.82, 2.24) is 9.66 Å². The minimum absolute atomic E-state index is 0.212. The Hall–Kier alpha value is -2.96. The van der Waals surface area contributed by atoms with Gasteiger partial charge < -0.3 is 14.8 Å². The van der Waals surface area contributed by atoms with E-state index in [1.165, 1.54) is 11.8 Å². The van der Waals surface area contributed by atoms with Crippen LogP contribution in [0.25, 0.3) is 10.9 Å². The monoisotopic (exact) mass is 708 g/mol. The first-order valence-electron chi connectivity index (χ1n) is 11.6. The number of methoxy groups -OCH3 is 1. The number of nitrogens with one attached hydrogen (secondary N) is 1. The average molecular weight is 710 g/mol. The predicted molar refractivity (Wildman–Crippen MR) is 162 cm³/mol. The van der Waals surface area contributed by atoms with Gasteiger partial charge >= 0.3 is 0 Å². The average Bonchev–Trinajstić information content (AvgIpc) is 2.89. The fraction of sp³-hybridized carbons (Fsp3) is 0.185. The summed E-state index contributed by atoms with van der Waals surface area (Å²) in [4.78, 5) is 30.3. The molecule has 38 heavy (non-hydrogen) atoms. The van der Waals surface area contributed by atoms with E-state index in [1.807, 2.05) is 25.1 Å². The molecule has 4 rings (SSSR count). The molecule has 11 heteroatoms. The zero-order valence-corrected chi connectivity index (χ0v) is 25.0. The number of aryl methyl sites for hydroxylation is 1. The van der Waals surface area contributed by atoms with E-state index in [4.69, 9.17) is 21.1 Å². The number of amides is 1. The van der Waals surface area contributed by atoms with Crippen molar-refractivity contribution in [2.75, 3.05) is 19.0 Å². The van der Waals surface area contributed by atoms with Crippen LogP contribution in [0.15, 0.2) is 69.0 Å². The molecule has 0 atom stereocenters. The second-order valence-corrected chi connectivity index (χ2v) is 10.7. The topological polar surface area (TPSA) is 94.8 Å². The van der Waals surface area contributed by atoms with Crippen molar-refractivity contribution in [3.05, 3.63) is 89.4 Å². The molecule has 8 nitrogen and oxygen atoms in total. The maximum atomic E-state index is 13.2. The third-order valence-electron chi connectivity index (χ3n) is 5.40. The summed E-state index contributed by atoms with van der Waals surface area (Å²) in [5.74, 6) is 1.11. The normalized spacial score (nSPS) is 11.2. The molecule has 1 aromatic heterocycles. The molecule has 1 N–H and O–H groups in total. The van der Waals surface area contributed by atoms with E-state index < -0.39 is 0 Å². The Morgan fingerprint density at radius 1 is 1.21 bits per heavy atom. The van der Waals surface area contributed by atoms with Gasteiger partial charge in [0.15, 0.2) is 18.1 Å². The number of carbonyl (C=O) groups is 1. The molecule has 0 radical (unpaired) electrons. The fourth-order valence-corrected chi connectivity index (χ4v) is 4.91. The third-order valence-corrected chi connectivity index (χ3v) is 6.95. The van der Waals surface area contributed by atoms with E-state index >= 15 is 0 Å². The van der Waals surface area contributed by atoms with Crippen LogP contribution in [0.3, 0.4) is 0 Å². The minimum atomic E-state index is -0.325. The van der Waals surface area contributed by atoms with Crippen molar-refractivity contribution in [2.45, 2.75) is 19.8 Å². The highest BCUT2D eigenvalue weighted by molar-refractivity contribution is 14.1. The van der Waals surface area contributed by atoms with Crippen molar-refractivity contribution < 1.29 is 14.3 Å². The lowest BCUT2D eigenvalue weighted by molar-refractivity contribution is -0.118. The molecular weight excluding hydrogens is 687 g/mol. The molecule has 0 unspecified atom stereocenters. The number of rotatable bonds is 9. The van der Waals surface area contributed by atoms with Gasteiger partial charge in [-0.2, -0.15) is 9.78 Å². The Balaban J connectivity index is 1.57. The van der Waals surface area contributed by atoms with Crippen molar-refractivity contribution in [3.8, 4) is 11.5 Å². The minimum Gasteiger partial charge on any atom is -0.493 e. The molecule has 4 aromatic rings. The van der Waals surface area contributed by atoms with Gasteiger partial charge in [0.05, 0.1) is 27.8 Å². The second-order valence-electron chi connectivity index (χ2n) is 8.18. The summed E-state index contributed by atoms with van der Waals surface area (Å²) in [6.45, 7) is 1.81. The maximum Gasteiger partial charge on any atom is 0.282 e. The zero-order valence-electron chi connectivity index (χ0n) is 20.5. The second kappa shape index (κ2) is 12.7. The van der Waals surface area contributed by atoms with Crippen LogP contribution in [0.5, 0.6) is 11.5 Å². The number of hydrogen-bond donors (Lipinski definition) is 1. The van der Waals surface area contributed by atoms with E-state index in [9.17, 15) is 9.59 Å². The number of carbonyl (C=O) groups excluding carboxylic acids is 1. The number of fused-ring (bicyclic) bond motifs is 1.